The zero-order chi connectivity index (χ0) is 18.8. The Morgan fingerprint density at radius 1 is 1.11 bits per heavy atom. The smallest absolute Gasteiger partial charge is 0.265 e. The van der Waals surface area contributed by atoms with E-state index in [9.17, 15) is 9.18 Å². The number of nitrogens with one attached hydrogen (secondary N) is 1. The molecule has 0 aliphatic rings. The number of benzene rings is 2. The molecule has 2 aromatic heterocycles. The van der Waals surface area contributed by atoms with E-state index >= 15 is 0 Å². The number of aromatic nitrogens is 3. The number of nitrogens with zero attached hydrogens (tertiary/aromatic N) is 3. The number of hydrogen-bond acceptors (Lipinski definition) is 4. The van der Waals surface area contributed by atoms with Gasteiger partial charge >= 0.3 is 0 Å². The number of halogens is 1. The van der Waals surface area contributed by atoms with E-state index in [2.05, 4.69) is 15.6 Å². The molecule has 0 fully saturated rings. The van der Waals surface area contributed by atoms with Crippen LogP contribution >= 0.6 is 11.3 Å². The third-order valence-corrected chi connectivity index (χ3v) is 5.02. The average Bonchev–Trinajstić information content (AvgIpc) is 3.32. The molecule has 0 saturated carbocycles. The number of thiophene rings is 1. The van der Waals surface area contributed by atoms with Crippen molar-refractivity contribution in [3.63, 3.8) is 0 Å². The van der Waals surface area contributed by atoms with Crippen LogP contribution in [0.4, 0.5) is 10.1 Å². The van der Waals surface area contributed by atoms with E-state index in [1.165, 1.54) is 23.5 Å². The van der Waals surface area contributed by atoms with Gasteiger partial charge in [-0.15, -0.1) is 16.4 Å². The van der Waals surface area contributed by atoms with E-state index in [0.717, 1.165) is 16.8 Å². The fourth-order valence-corrected chi connectivity index (χ4v) is 3.38. The van der Waals surface area contributed by atoms with Gasteiger partial charge in [-0.05, 0) is 60.3 Å². The first-order chi connectivity index (χ1) is 13.1. The van der Waals surface area contributed by atoms with Crippen LogP contribution in [0.3, 0.4) is 0 Å². The highest BCUT2D eigenvalue weighted by molar-refractivity contribution is 7.12. The maximum Gasteiger partial charge on any atom is 0.265 e. The van der Waals surface area contributed by atoms with Crippen molar-refractivity contribution in [3.05, 3.63) is 82.4 Å². The zero-order valence-corrected chi connectivity index (χ0v) is 15.2. The van der Waals surface area contributed by atoms with Crippen LogP contribution in [-0.4, -0.2) is 20.9 Å². The van der Waals surface area contributed by atoms with Gasteiger partial charge in [0.1, 0.15) is 11.5 Å². The van der Waals surface area contributed by atoms with Crippen molar-refractivity contribution in [2.75, 3.05) is 5.32 Å². The lowest BCUT2D eigenvalue weighted by molar-refractivity contribution is 0.103. The quantitative estimate of drug-likeness (QED) is 0.560. The molecule has 1 N–H and O–H groups in total. The topological polar surface area (TPSA) is 59.8 Å². The van der Waals surface area contributed by atoms with Crippen molar-refractivity contribution < 1.29 is 9.18 Å². The molecule has 0 radical (unpaired) electrons. The van der Waals surface area contributed by atoms with Gasteiger partial charge in [-0.2, -0.15) is 0 Å². The Balaban J connectivity index is 1.49. The normalized spacial score (nSPS) is 10.7. The number of anilines is 1. The van der Waals surface area contributed by atoms with Gasteiger partial charge in [-0.1, -0.05) is 17.3 Å². The first kappa shape index (κ1) is 17.1. The van der Waals surface area contributed by atoms with E-state index in [4.69, 9.17) is 0 Å². The molecule has 134 valence electrons. The Hall–Kier alpha value is -3.32. The average molecular weight is 378 g/mol. The van der Waals surface area contributed by atoms with Crippen LogP contribution in [0.2, 0.25) is 0 Å². The summed E-state index contributed by atoms with van der Waals surface area (Å²) in [7, 11) is 0. The van der Waals surface area contributed by atoms with E-state index < -0.39 is 0 Å². The van der Waals surface area contributed by atoms with Gasteiger partial charge in [0, 0.05) is 11.3 Å². The molecular formula is C20H15FN4OS. The molecule has 0 spiro atoms. The van der Waals surface area contributed by atoms with Crippen molar-refractivity contribution in [2.24, 2.45) is 0 Å². The summed E-state index contributed by atoms with van der Waals surface area (Å²) in [6.45, 7) is 1.96. The standard InChI is InChI=1S/C20H15FN4OS/c1-13-10-19(27-12-13)20(26)22-16-6-2-14(3-7-16)18-11-25(24-23-18)17-8-4-15(21)5-9-17/h2-12H,1H3,(H,22,26). The Morgan fingerprint density at radius 3 is 2.52 bits per heavy atom. The molecule has 4 aromatic rings. The summed E-state index contributed by atoms with van der Waals surface area (Å²) < 4.78 is 14.6. The van der Waals surface area contributed by atoms with Crippen molar-refractivity contribution in [1.29, 1.82) is 0 Å². The number of hydrogen-bond donors (Lipinski definition) is 1. The first-order valence-electron chi connectivity index (χ1n) is 8.24. The second-order valence-corrected chi connectivity index (χ2v) is 6.96. The Labute approximate surface area is 159 Å². The van der Waals surface area contributed by atoms with Crippen LogP contribution in [0.25, 0.3) is 16.9 Å². The van der Waals surface area contributed by atoms with Crippen molar-refractivity contribution in [2.45, 2.75) is 6.92 Å². The lowest BCUT2D eigenvalue weighted by Gasteiger charge is -2.04. The molecule has 0 bridgehead atoms. The molecule has 27 heavy (non-hydrogen) atoms. The lowest BCUT2D eigenvalue weighted by Crippen LogP contribution is -2.09. The van der Waals surface area contributed by atoms with Gasteiger partial charge in [0.05, 0.1) is 16.8 Å². The summed E-state index contributed by atoms with van der Waals surface area (Å²) in [6, 6.07) is 15.3. The molecule has 0 atom stereocenters. The fraction of sp³-hybridized carbons (Fsp3) is 0.0500. The molecule has 0 aliphatic heterocycles. The Morgan fingerprint density at radius 2 is 1.85 bits per heavy atom. The number of carbonyl (C=O) groups is 1. The minimum Gasteiger partial charge on any atom is -0.321 e. The first-order valence-corrected chi connectivity index (χ1v) is 9.12. The molecule has 1 amide bonds. The van der Waals surface area contributed by atoms with Gasteiger partial charge in [0.15, 0.2) is 0 Å². The second-order valence-electron chi connectivity index (χ2n) is 6.04. The lowest BCUT2D eigenvalue weighted by atomic mass is 10.1. The third kappa shape index (κ3) is 3.78. The van der Waals surface area contributed by atoms with Gasteiger partial charge in [-0.3, -0.25) is 4.79 Å². The molecule has 2 heterocycles. The molecule has 0 aliphatic carbocycles. The van der Waals surface area contributed by atoms with Crippen molar-refractivity contribution in [3.8, 4) is 16.9 Å². The van der Waals surface area contributed by atoms with Crippen LogP contribution in [0.5, 0.6) is 0 Å². The van der Waals surface area contributed by atoms with Crippen LogP contribution in [0, 0.1) is 12.7 Å². The van der Waals surface area contributed by atoms with Crippen LogP contribution < -0.4 is 5.32 Å². The number of aryl methyl sites for hydroxylation is 1. The minimum absolute atomic E-state index is 0.122. The van der Waals surface area contributed by atoms with Crippen molar-refractivity contribution >= 4 is 22.9 Å². The maximum absolute atomic E-state index is 13.0. The summed E-state index contributed by atoms with van der Waals surface area (Å²) in [6.07, 6.45) is 1.77. The van der Waals surface area contributed by atoms with Crippen LogP contribution in [0.1, 0.15) is 15.2 Å². The molecule has 0 unspecified atom stereocenters. The van der Waals surface area contributed by atoms with E-state index in [-0.39, 0.29) is 11.7 Å². The fourth-order valence-electron chi connectivity index (χ4n) is 2.58. The SMILES string of the molecule is Cc1csc(C(=O)Nc2ccc(-c3cn(-c4ccc(F)cc4)nn3)cc2)c1. The van der Waals surface area contributed by atoms with Crippen LogP contribution in [-0.2, 0) is 0 Å². The van der Waals surface area contributed by atoms with Gasteiger partial charge in [-0.25, -0.2) is 9.07 Å². The van der Waals surface area contributed by atoms with E-state index in [1.807, 2.05) is 42.6 Å². The third-order valence-electron chi connectivity index (χ3n) is 3.98. The monoisotopic (exact) mass is 378 g/mol. The molecule has 0 saturated heterocycles. The number of rotatable bonds is 4. The predicted octanol–water partition coefficient (Wildman–Crippen LogP) is 4.70. The highest BCUT2D eigenvalue weighted by Gasteiger charge is 2.09. The van der Waals surface area contributed by atoms with Gasteiger partial charge in [0.25, 0.3) is 5.91 Å². The molecule has 4 rings (SSSR count). The highest BCUT2D eigenvalue weighted by atomic mass is 32.1. The molecule has 7 heteroatoms. The van der Waals surface area contributed by atoms with Crippen LogP contribution in [0.15, 0.2) is 66.2 Å². The number of carbonyl (C=O) groups excluding carboxylic acids is 1. The van der Waals surface area contributed by atoms with E-state index in [1.54, 1.807) is 23.0 Å². The largest absolute Gasteiger partial charge is 0.321 e. The molecule has 5 nitrogen and oxygen atoms in total. The summed E-state index contributed by atoms with van der Waals surface area (Å²) in [4.78, 5) is 12.9. The summed E-state index contributed by atoms with van der Waals surface area (Å²) in [5.74, 6) is -0.419. The van der Waals surface area contributed by atoms with E-state index in [0.29, 0.717) is 16.3 Å². The van der Waals surface area contributed by atoms with Gasteiger partial charge in [0.2, 0.25) is 0 Å². The maximum atomic E-state index is 13.0. The molecule has 2 aromatic carbocycles. The summed E-state index contributed by atoms with van der Waals surface area (Å²) in [5.41, 5.74) is 4.06. The highest BCUT2D eigenvalue weighted by Crippen LogP contribution is 2.21. The number of amides is 1. The van der Waals surface area contributed by atoms with Crippen molar-refractivity contribution in [1.82, 2.24) is 15.0 Å². The minimum atomic E-state index is -0.297. The van der Waals surface area contributed by atoms with Gasteiger partial charge < -0.3 is 5.32 Å². The summed E-state index contributed by atoms with van der Waals surface area (Å²) in [5, 5.41) is 13.1. The molecular weight excluding hydrogens is 363 g/mol. The Kier molecular flexibility index (Phi) is 4.52. The summed E-state index contributed by atoms with van der Waals surface area (Å²) >= 11 is 1.42. The Bertz CT molecular complexity index is 1080. The predicted molar refractivity (Wildman–Crippen MR) is 104 cm³/mol. The zero-order valence-electron chi connectivity index (χ0n) is 14.4. The second kappa shape index (κ2) is 7.13.